The van der Waals surface area contributed by atoms with E-state index in [1.807, 2.05) is 6.92 Å². The van der Waals surface area contributed by atoms with Crippen LogP contribution in [0.3, 0.4) is 0 Å². The Labute approximate surface area is 131 Å². The van der Waals surface area contributed by atoms with E-state index in [1.165, 1.54) is 6.92 Å². The first kappa shape index (κ1) is 17.3. The molecule has 1 N–H and O–H groups in total. The number of hydrogen-bond donors (Lipinski definition) is 1. The van der Waals surface area contributed by atoms with Crippen LogP contribution >= 0.6 is 0 Å². The summed E-state index contributed by atoms with van der Waals surface area (Å²) in [6.45, 7) is 3.73. The highest BCUT2D eigenvalue weighted by molar-refractivity contribution is 6.08. The zero-order valence-corrected chi connectivity index (χ0v) is 12.7. The van der Waals surface area contributed by atoms with Gasteiger partial charge in [0.1, 0.15) is 5.82 Å². The number of aliphatic hydroxyl groups is 1. The average molecular weight is 330 g/mol. The summed E-state index contributed by atoms with van der Waals surface area (Å²) in [5, 5.41) is 10.2. The number of alkyl halides is 3. The van der Waals surface area contributed by atoms with Gasteiger partial charge in [-0.25, -0.2) is 4.98 Å². The van der Waals surface area contributed by atoms with Crippen molar-refractivity contribution in [3.05, 3.63) is 35.2 Å². The number of aliphatic hydroxyl groups excluding tert-OH is 1. The van der Waals surface area contributed by atoms with Gasteiger partial charge < -0.3 is 9.84 Å². The molecule has 23 heavy (non-hydrogen) atoms. The Morgan fingerprint density at radius 1 is 1.43 bits per heavy atom. The van der Waals surface area contributed by atoms with E-state index >= 15 is 0 Å². The second kappa shape index (κ2) is 6.57. The fourth-order valence-corrected chi connectivity index (χ4v) is 2.17. The van der Waals surface area contributed by atoms with Gasteiger partial charge in [0.25, 0.3) is 5.91 Å². The van der Waals surface area contributed by atoms with Crippen molar-refractivity contribution in [3.63, 3.8) is 0 Å². The molecule has 1 aromatic heterocycles. The Hall–Kier alpha value is -2.09. The van der Waals surface area contributed by atoms with Gasteiger partial charge >= 0.3 is 6.18 Å². The monoisotopic (exact) mass is 330 g/mol. The maximum atomic E-state index is 12.8. The van der Waals surface area contributed by atoms with E-state index in [2.05, 4.69) is 4.98 Å². The van der Waals surface area contributed by atoms with Gasteiger partial charge in [-0.15, -0.1) is 0 Å². The summed E-state index contributed by atoms with van der Waals surface area (Å²) in [5.41, 5.74) is -0.784. The topological polar surface area (TPSA) is 62.7 Å². The lowest BCUT2D eigenvalue weighted by molar-refractivity contribution is -0.137. The molecule has 0 saturated heterocycles. The highest BCUT2D eigenvalue weighted by Gasteiger charge is 2.40. The second-order valence-corrected chi connectivity index (χ2v) is 5.14. The van der Waals surface area contributed by atoms with Crippen LogP contribution < -0.4 is 4.90 Å². The molecule has 1 aliphatic heterocycles. The van der Waals surface area contributed by atoms with Crippen LogP contribution in [0.1, 0.15) is 32.3 Å². The number of hydrogen-bond acceptors (Lipinski definition) is 4. The van der Waals surface area contributed by atoms with E-state index in [1.54, 1.807) is 0 Å². The molecule has 2 rings (SSSR count). The van der Waals surface area contributed by atoms with Gasteiger partial charge in [0, 0.05) is 6.20 Å². The molecule has 0 fully saturated rings. The van der Waals surface area contributed by atoms with Crippen LogP contribution in [0.5, 0.6) is 0 Å². The van der Waals surface area contributed by atoms with E-state index < -0.39 is 23.9 Å². The molecule has 0 aromatic carbocycles. The van der Waals surface area contributed by atoms with Crippen LogP contribution in [0.15, 0.2) is 29.7 Å². The van der Waals surface area contributed by atoms with Gasteiger partial charge in [-0.3, -0.25) is 9.69 Å². The van der Waals surface area contributed by atoms with Crippen molar-refractivity contribution in [1.29, 1.82) is 0 Å². The van der Waals surface area contributed by atoms with Crippen LogP contribution in [-0.4, -0.2) is 28.8 Å². The van der Waals surface area contributed by atoms with E-state index in [-0.39, 0.29) is 17.2 Å². The Bertz CT molecular complexity index is 629. The number of aromatic nitrogens is 1. The molecule has 1 aromatic rings. The summed E-state index contributed by atoms with van der Waals surface area (Å²) >= 11 is 0. The molecule has 5 nitrogen and oxygen atoms in total. The van der Waals surface area contributed by atoms with E-state index in [0.29, 0.717) is 6.61 Å². The Balaban J connectivity index is 2.27. The molecule has 0 aliphatic carbocycles. The minimum absolute atomic E-state index is 0.0580. The molecule has 126 valence electrons. The molecule has 0 saturated carbocycles. The van der Waals surface area contributed by atoms with Crippen LogP contribution in [0.4, 0.5) is 19.0 Å². The number of carbonyl (C=O) groups is 1. The molecule has 1 atom stereocenters. The SMILES string of the molecule is CCCCOC1=C(C)C(=O)N(c2cc(C(F)(F)F)ccn2)C1O. The zero-order valence-electron chi connectivity index (χ0n) is 12.7. The van der Waals surface area contributed by atoms with Crippen LogP contribution in [0, 0.1) is 0 Å². The van der Waals surface area contributed by atoms with E-state index in [9.17, 15) is 23.1 Å². The Kier molecular flexibility index (Phi) is 4.93. The molecule has 0 spiro atoms. The quantitative estimate of drug-likeness (QED) is 0.843. The lowest BCUT2D eigenvalue weighted by Gasteiger charge is -2.22. The number of halogens is 3. The summed E-state index contributed by atoms with van der Waals surface area (Å²) in [6.07, 6.45) is -3.48. The lowest BCUT2D eigenvalue weighted by Crippen LogP contribution is -2.36. The average Bonchev–Trinajstić information content (AvgIpc) is 2.70. The third kappa shape index (κ3) is 3.47. The third-order valence-corrected chi connectivity index (χ3v) is 3.46. The predicted molar refractivity (Wildman–Crippen MR) is 76.3 cm³/mol. The summed E-state index contributed by atoms with van der Waals surface area (Å²) < 4.78 is 43.7. The first-order valence-electron chi connectivity index (χ1n) is 7.15. The number of pyridine rings is 1. The highest BCUT2D eigenvalue weighted by Crippen LogP contribution is 2.34. The van der Waals surface area contributed by atoms with Crippen molar-refractivity contribution in [2.24, 2.45) is 0 Å². The predicted octanol–water partition coefficient (Wildman–Crippen LogP) is 2.86. The fourth-order valence-electron chi connectivity index (χ4n) is 2.17. The van der Waals surface area contributed by atoms with Crippen molar-refractivity contribution >= 4 is 11.7 Å². The number of carbonyl (C=O) groups excluding carboxylic acids is 1. The molecule has 1 amide bonds. The standard InChI is InChI=1S/C15H17F3N2O3/c1-3-4-7-23-12-9(2)13(21)20(14(12)22)11-8-10(5-6-19-11)15(16,17)18/h5-6,8,14,22H,3-4,7H2,1-2H3. The summed E-state index contributed by atoms with van der Waals surface area (Å²) in [6, 6.07) is 1.53. The van der Waals surface area contributed by atoms with Crippen molar-refractivity contribution in [1.82, 2.24) is 4.98 Å². The van der Waals surface area contributed by atoms with Crippen LogP contribution in [0.2, 0.25) is 0 Å². The molecule has 0 bridgehead atoms. The molecular formula is C15H17F3N2O3. The van der Waals surface area contributed by atoms with Crippen molar-refractivity contribution in [2.45, 2.75) is 39.1 Å². The smallest absolute Gasteiger partial charge is 0.416 e. The van der Waals surface area contributed by atoms with Crippen LogP contribution in [0.25, 0.3) is 0 Å². The van der Waals surface area contributed by atoms with E-state index in [4.69, 9.17) is 4.74 Å². The summed E-state index contributed by atoms with van der Waals surface area (Å²) in [5.74, 6) is -0.843. The van der Waals surface area contributed by atoms with Gasteiger partial charge in [0.05, 0.1) is 17.7 Å². The van der Waals surface area contributed by atoms with Crippen LogP contribution in [-0.2, 0) is 15.7 Å². The molecule has 1 aliphatic rings. The van der Waals surface area contributed by atoms with Gasteiger partial charge in [-0.05, 0) is 25.5 Å². The first-order valence-corrected chi connectivity index (χ1v) is 7.15. The molecule has 2 heterocycles. The Morgan fingerprint density at radius 3 is 2.74 bits per heavy atom. The summed E-state index contributed by atoms with van der Waals surface area (Å²) in [7, 11) is 0. The number of anilines is 1. The summed E-state index contributed by atoms with van der Waals surface area (Å²) in [4.78, 5) is 16.8. The van der Waals surface area contributed by atoms with Crippen molar-refractivity contribution in [3.8, 4) is 0 Å². The molecular weight excluding hydrogens is 313 g/mol. The molecule has 1 unspecified atom stereocenters. The minimum Gasteiger partial charge on any atom is -0.493 e. The van der Waals surface area contributed by atoms with Gasteiger partial charge in [-0.1, -0.05) is 13.3 Å². The maximum Gasteiger partial charge on any atom is 0.416 e. The third-order valence-electron chi connectivity index (χ3n) is 3.46. The number of rotatable bonds is 5. The molecule has 0 radical (unpaired) electrons. The molecule has 8 heteroatoms. The number of amides is 1. The van der Waals surface area contributed by atoms with Gasteiger partial charge in [0.2, 0.25) is 0 Å². The largest absolute Gasteiger partial charge is 0.493 e. The highest BCUT2D eigenvalue weighted by atomic mass is 19.4. The Morgan fingerprint density at radius 2 is 2.13 bits per heavy atom. The van der Waals surface area contributed by atoms with Crippen molar-refractivity contribution in [2.75, 3.05) is 11.5 Å². The second-order valence-electron chi connectivity index (χ2n) is 5.14. The number of ether oxygens (including phenoxy) is 1. The van der Waals surface area contributed by atoms with Gasteiger partial charge in [0.15, 0.2) is 12.0 Å². The normalized spacial score (nSPS) is 18.8. The van der Waals surface area contributed by atoms with E-state index in [0.717, 1.165) is 36.1 Å². The minimum atomic E-state index is -4.56. The van der Waals surface area contributed by atoms with Gasteiger partial charge in [-0.2, -0.15) is 13.2 Å². The zero-order chi connectivity index (χ0) is 17.2. The first-order chi connectivity index (χ1) is 10.8. The maximum absolute atomic E-state index is 12.8. The lowest BCUT2D eigenvalue weighted by atomic mass is 10.2. The number of unbranched alkanes of at least 4 members (excludes halogenated alkanes) is 1. The fraction of sp³-hybridized carbons (Fsp3) is 0.467. The van der Waals surface area contributed by atoms with Crippen molar-refractivity contribution < 1.29 is 27.8 Å². The number of nitrogens with zero attached hydrogens (tertiary/aromatic N) is 2.